The molecular weight excluding hydrogens is 572 g/mol. The van der Waals surface area contributed by atoms with Crippen molar-refractivity contribution in [2.24, 2.45) is 13.0 Å². The average molecular weight is 611 g/mol. The number of pyridine rings is 1. The van der Waals surface area contributed by atoms with Crippen LogP contribution in [0, 0.1) is 5.92 Å². The number of aromatic nitrogens is 4. The first-order valence-electron chi connectivity index (χ1n) is 14.6. The fraction of sp³-hybridized carbons (Fsp3) is 0.517. The molecule has 230 valence electrons. The minimum Gasteiger partial charge on any atom is -0.350 e. The number of hydrogen-bond acceptors (Lipinski definition) is 8. The Morgan fingerprint density at radius 1 is 1.07 bits per heavy atom. The Bertz CT molecular complexity index is 1570. The van der Waals surface area contributed by atoms with Crippen molar-refractivity contribution in [3.05, 3.63) is 53.9 Å². The van der Waals surface area contributed by atoms with Crippen molar-refractivity contribution in [3.8, 4) is 0 Å². The lowest BCUT2D eigenvalue weighted by molar-refractivity contribution is -0.140. The van der Waals surface area contributed by atoms with Crippen LogP contribution in [0.4, 0.5) is 0 Å². The Kier molecular flexibility index (Phi) is 9.35. The molecule has 3 amide bonds. The highest BCUT2D eigenvalue weighted by atomic mass is 32.2. The number of hydrogen-bond donors (Lipinski definition) is 2. The second-order valence-corrected chi connectivity index (χ2v) is 13.3. The van der Waals surface area contributed by atoms with Crippen LogP contribution in [-0.2, 0) is 44.4 Å². The van der Waals surface area contributed by atoms with E-state index < -0.39 is 28.0 Å². The van der Waals surface area contributed by atoms with Crippen LogP contribution >= 0.6 is 0 Å². The molecule has 1 aromatic carbocycles. The van der Waals surface area contributed by atoms with Gasteiger partial charge in [-0.15, -0.1) is 5.10 Å². The molecule has 2 saturated heterocycles. The third-order valence-electron chi connectivity index (χ3n) is 8.15. The first-order valence-corrected chi connectivity index (χ1v) is 16.5. The van der Waals surface area contributed by atoms with E-state index in [1.807, 2.05) is 30.3 Å². The van der Waals surface area contributed by atoms with E-state index in [9.17, 15) is 22.8 Å². The van der Waals surface area contributed by atoms with Crippen LogP contribution in [0.25, 0.3) is 11.0 Å². The van der Waals surface area contributed by atoms with E-state index in [-0.39, 0.29) is 43.7 Å². The highest BCUT2D eigenvalue weighted by molar-refractivity contribution is 7.88. The van der Waals surface area contributed by atoms with E-state index in [4.69, 9.17) is 0 Å². The number of amides is 3. The second-order valence-electron chi connectivity index (χ2n) is 11.5. The molecule has 0 saturated carbocycles. The summed E-state index contributed by atoms with van der Waals surface area (Å²) in [7, 11) is -1.97. The van der Waals surface area contributed by atoms with Gasteiger partial charge in [-0.3, -0.25) is 19.4 Å². The van der Waals surface area contributed by atoms with Crippen molar-refractivity contribution in [3.63, 3.8) is 0 Å². The van der Waals surface area contributed by atoms with Crippen molar-refractivity contribution in [2.45, 2.75) is 57.2 Å². The third-order valence-corrected chi connectivity index (χ3v) is 8.86. The molecule has 2 fully saturated rings. The molecule has 2 aliphatic heterocycles. The molecule has 0 aliphatic carbocycles. The standard InChI is InChI=1S/C29H38N8O5S/c1-35-25-7-5-21(16-24(25)32-34-35)18-31-28(39)26-17-22(15-20-9-11-30-12-10-20)19-37(26)29(40)23(33-43(2,41)42)6-8-27(38)36-13-3-4-14-36/h5,7,9-12,16,22-23,26,33H,3-4,6,8,13-15,17-19H2,1-2H3,(H,31,39)/t22-,23-,26+/m1/s1. The lowest BCUT2D eigenvalue weighted by Crippen LogP contribution is -2.53. The number of rotatable bonds is 11. The molecule has 2 N–H and O–H groups in total. The molecule has 14 heteroatoms. The summed E-state index contributed by atoms with van der Waals surface area (Å²) in [5, 5.41) is 11.1. The van der Waals surface area contributed by atoms with E-state index in [2.05, 4.69) is 25.3 Å². The summed E-state index contributed by atoms with van der Waals surface area (Å²) < 4.78 is 28.6. The zero-order valence-electron chi connectivity index (χ0n) is 24.5. The third kappa shape index (κ3) is 7.73. The predicted molar refractivity (Wildman–Crippen MR) is 159 cm³/mol. The van der Waals surface area contributed by atoms with Crippen molar-refractivity contribution >= 4 is 38.8 Å². The van der Waals surface area contributed by atoms with Crippen molar-refractivity contribution < 1.29 is 22.8 Å². The molecule has 43 heavy (non-hydrogen) atoms. The Labute approximate surface area is 251 Å². The number of aryl methyl sites for hydroxylation is 1. The summed E-state index contributed by atoms with van der Waals surface area (Å²) in [6.07, 6.45) is 7.37. The monoisotopic (exact) mass is 610 g/mol. The molecule has 2 aromatic heterocycles. The molecule has 0 unspecified atom stereocenters. The maximum absolute atomic E-state index is 14.0. The first kappa shape index (κ1) is 30.5. The van der Waals surface area contributed by atoms with Gasteiger partial charge in [0, 0.05) is 52.0 Å². The first-order chi connectivity index (χ1) is 20.6. The second kappa shape index (κ2) is 13.2. The normalized spacial score (nSPS) is 19.6. The zero-order valence-corrected chi connectivity index (χ0v) is 25.3. The van der Waals surface area contributed by atoms with Crippen LogP contribution in [0.3, 0.4) is 0 Å². The number of nitrogens with one attached hydrogen (secondary N) is 2. The number of benzene rings is 1. The van der Waals surface area contributed by atoms with Crippen LogP contribution < -0.4 is 10.0 Å². The highest BCUT2D eigenvalue weighted by Crippen LogP contribution is 2.28. The molecular formula is C29H38N8O5S. The topological polar surface area (TPSA) is 159 Å². The molecule has 13 nitrogen and oxygen atoms in total. The van der Waals surface area contributed by atoms with E-state index in [1.165, 1.54) is 4.90 Å². The van der Waals surface area contributed by atoms with Crippen LogP contribution in [0.1, 0.15) is 43.2 Å². The Morgan fingerprint density at radius 3 is 2.53 bits per heavy atom. The van der Waals surface area contributed by atoms with Gasteiger partial charge in [0.05, 0.1) is 11.8 Å². The van der Waals surface area contributed by atoms with Gasteiger partial charge in [-0.1, -0.05) is 11.3 Å². The smallest absolute Gasteiger partial charge is 0.243 e. The molecule has 0 radical (unpaired) electrons. The largest absolute Gasteiger partial charge is 0.350 e. The van der Waals surface area contributed by atoms with E-state index in [0.717, 1.165) is 35.7 Å². The van der Waals surface area contributed by atoms with Gasteiger partial charge in [0.15, 0.2) is 0 Å². The lowest BCUT2D eigenvalue weighted by Gasteiger charge is -2.29. The summed E-state index contributed by atoms with van der Waals surface area (Å²) in [5.41, 5.74) is 3.45. The summed E-state index contributed by atoms with van der Waals surface area (Å²) in [6.45, 7) is 1.86. The number of likely N-dealkylation sites (tertiary alicyclic amines) is 2. The fourth-order valence-electron chi connectivity index (χ4n) is 6.00. The predicted octanol–water partition coefficient (Wildman–Crippen LogP) is 0.760. The van der Waals surface area contributed by atoms with Gasteiger partial charge in [-0.2, -0.15) is 0 Å². The van der Waals surface area contributed by atoms with Gasteiger partial charge in [0.2, 0.25) is 27.7 Å². The number of sulfonamides is 1. The quantitative estimate of drug-likeness (QED) is 0.322. The van der Waals surface area contributed by atoms with Gasteiger partial charge in [0.1, 0.15) is 17.6 Å². The summed E-state index contributed by atoms with van der Waals surface area (Å²) in [5.74, 6) is -0.950. The average Bonchev–Trinajstić information content (AvgIpc) is 3.74. The Morgan fingerprint density at radius 2 is 1.81 bits per heavy atom. The molecule has 5 rings (SSSR count). The van der Waals surface area contributed by atoms with Gasteiger partial charge < -0.3 is 15.1 Å². The number of fused-ring (bicyclic) bond motifs is 1. The van der Waals surface area contributed by atoms with Gasteiger partial charge in [-0.05, 0) is 73.4 Å². The van der Waals surface area contributed by atoms with Gasteiger partial charge in [0.25, 0.3) is 0 Å². The van der Waals surface area contributed by atoms with Crippen LogP contribution in [-0.4, -0.2) is 93.9 Å². The SMILES string of the molecule is Cn1nnc2cc(CNC(=O)[C@@H]3C[C@@H](Cc4ccncc4)CN3C(=O)[C@@H](CCC(=O)N3CCCC3)NS(C)(=O)=O)ccc21. The number of carbonyl (C=O) groups is 3. The van der Waals surface area contributed by atoms with Gasteiger partial charge in [-0.25, -0.2) is 17.8 Å². The molecule has 3 atom stereocenters. The van der Waals surface area contributed by atoms with E-state index in [0.29, 0.717) is 31.4 Å². The van der Waals surface area contributed by atoms with Crippen LogP contribution in [0.2, 0.25) is 0 Å². The van der Waals surface area contributed by atoms with Crippen LogP contribution in [0.5, 0.6) is 0 Å². The van der Waals surface area contributed by atoms with Gasteiger partial charge >= 0.3 is 0 Å². The Hall–Kier alpha value is -3.91. The summed E-state index contributed by atoms with van der Waals surface area (Å²) in [4.78, 5) is 47.6. The van der Waals surface area contributed by atoms with E-state index in [1.54, 1.807) is 29.0 Å². The maximum atomic E-state index is 14.0. The van der Waals surface area contributed by atoms with Crippen molar-refractivity contribution in [1.82, 2.24) is 39.8 Å². The highest BCUT2D eigenvalue weighted by Gasteiger charge is 2.42. The number of nitrogens with zero attached hydrogens (tertiary/aromatic N) is 6. The van der Waals surface area contributed by atoms with Crippen molar-refractivity contribution in [1.29, 1.82) is 0 Å². The minimum absolute atomic E-state index is 0.0131. The lowest BCUT2D eigenvalue weighted by atomic mass is 9.97. The molecule has 2 aliphatic rings. The fourth-order valence-corrected chi connectivity index (χ4v) is 6.74. The molecule has 3 aromatic rings. The Balaban J connectivity index is 1.32. The van der Waals surface area contributed by atoms with E-state index >= 15 is 0 Å². The number of carbonyl (C=O) groups excluding carboxylic acids is 3. The van der Waals surface area contributed by atoms with Crippen molar-refractivity contribution in [2.75, 3.05) is 25.9 Å². The molecule has 0 bridgehead atoms. The summed E-state index contributed by atoms with van der Waals surface area (Å²) >= 11 is 0. The maximum Gasteiger partial charge on any atom is 0.243 e. The zero-order chi connectivity index (χ0) is 30.6. The molecule has 4 heterocycles. The minimum atomic E-state index is -3.77. The summed E-state index contributed by atoms with van der Waals surface area (Å²) in [6, 6.07) is 7.49. The van der Waals surface area contributed by atoms with Crippen LogP contribution in [0.15, 0.2) is 42.7 Å². The molecule has 0 spiro atoms.